The molecule has 0 aromatic heterocycles. The van der Waals surface area contributed by atoms with Gasteiger partial charge in [0.2, 0.25) is 6.10 Å². The van der Waals surface area contributed by atoms with Crippen LogP contribution < -0.4 is 19.5 Å². The number of amides is 1. The van der Waals surface area contributed by atoms with Crippen molar-refractivity contribution in [3.05, 3.63) is 54.1 Å². The summed E-state index contributed by atoms with van der Waals surface area (Å²) in [6.07, 6.45) is -0.662. The third-order valence-corrected chi connectivity index (χ3v) is 4.39. The number of hydrogen-bond acceptors (Lipinski definition) is 5. The van der Waals surface area contributed by atoms with Gasteiger partial charge < -0.3 is 24.4 Å². The normalized spacial score (nSPS) is 16.8. The molecule has 0 fully saturated rings. The monoisotopic (exact) mass is 356 g/mol. The maximum atomic E-state index is 12.6. The molecule has 0 saturated heterocycles. The number of nitrogens with zero attached hydrogens (tertiary/aromatic N) is 1. The number of fused-ring (bicyclic) bond motifs is 1. The highest BCUT2D eigenvalue weighted by Crippen LogP contribution is 2.31. The van der Waals surface area contributed by atoms with Crippen LogP contribution in [0.3, 0.4) is 0 Å². The minimum Gasteiger partial charge on any atom is -0.496 e. The lowest BCUT2D eigenvalue weighted by Gasteiger charge is -2.29. The molecule has 1 aliphatic heterocycles. The van der Waals surface area contributed by atoms with E-state index in [0.717, 1.165) is 11.3 Å². The van der Waals surface area contributed by atoms with Gasteiger partial charge in [-0.15, -0.1) is 0 Å². The predicted molar refractivity (Wildman–Crippen MR) is 98.8 cm³/mol. The molecule has 1 N–H and O–H groups in total. The number of benzene rings is 2. The smallest absolute Gasteiger partial charge is 0.264 e. The molecule has 2 unspecified atom stereocenters. The van der Waals surface area contributed by atoms with Gasteiger partial charge in [0.15, 0.2) is 11.5 Å². The number of methoxy groups -OCH3 is 1. The summed E-state index contributed by atoms with van der Waals surface area (Å²) >= 11 is 0. The molecule has 138 valence electrons. The Morgan fingerprint density at radius 2 is 1.88 bits per heavy atom. The molecular formula is C20H24N2O4. The number of para-hydroxylation sites is 3. The van der Waals surface area contributed by atoms with Crippen LogP contribution in [0.25, 0.3) is 0 Å². The lowest BCUT2D eigenvalue weighted by atomic mass is 10.0. The first-order chi connectivity index (χ1) is 12.6. The summed E-state index contributed by atoms with van der Waals surface area (Å²) in [5, 5.41) is 2.97. The van der Waals surface area contributed by atoms with Gasteiger partial charge in [0.05, 0.1) is 13.2 Å². The molecule has 6 nitrogen and oxygen atoms in total. The van der Waals surface area contributed by atoms with Crippen molar-refractivity contribution >= 4 is 5.91 Å². The van der Waals surface area contributed by atoms with Crippen molar-refractivity contribution in [3.63, 3.8) is 0 Å². The van der Waals surface area contributed by atoms with Crippen LogP contribution in [-0.2, 0) is 4.79 Å². The van der Waals surface area contributed by atoms with E-state index in [1.165, 1.54) is 0 Å². The van der Waals surface area contributed by atoms with E-state index in [9.17, 15) is 4.79 Å². The Bertz CT molecular complexity index is 763. The Morgan fingerprint density at radius 3 is 2.62 bits per heavy atom. The second-order valence-electron chi connectivity index (χ2n) is 6.33. The van der Waals surface area contributed by atoms with E-state index < -0.39 is 6.10 Å². The largest absolute Gasteiger partial charge is 0.496 e. The van der Waals surface area contributed by atoms with Gasteiger partial charge in [0.25, 0.3) is 5.91 Å². The SMILES string of the molecule is COc1ccccc1C(CNC(=O)C1COc2ccccc2O1)N(C)C. The van der Waals surface area contributed by atoms with Gasteiger partial charge >= 0.3 is 0 Å². The summed E-state index contributed by atoms with van der Waals surface area (Å²) < 4.78 is 16.8. The highest BCUT2D eigenvalue weighted by atomic mass is 16.6. The van der Waals surface area contributed by atoms with Crippen LogP contribution >= 0.6 is 0 Å². The van der Waals surface area contributed by atoms with Crippen LogP contribution in [0, 0.1) is 0 Å². The van der Waals surface area contributed by atoms with E-state index in [2.05, 4.69) is 5.32 Å². The summed E-state index contributed by atoms with van der Waals surface area (Å²) in [5.74, 6) is 1.86. The van der Waals surface area contributed by atoms with Crippen molar-refractivity contribution in [3.8, 4) is 17.2 Å². The topological polar surface area (TPSA) is 60.0 Å². The van der Waals surface area contributed by atoms with Crippen molar-refractivity contribution < 1.29 is 19.0 Å². The summed E-state index contributed by atoms with van der Waals surface area (Å²) in [4.78, 5) is 14.6. The zero-order chi connectivity index (χ0) is 18.5. The summed E-state index contributed by atoms with van der Waals surface area (Å²) in [5.41, 5.74) is 1.02. The molecule has 0 bridgehead atoms. The van der Waals surface area contributed by atoms with Crippen LogP contribution in [0.15, 0.2) is 48.5 Å². The maximum absolute atomic E-state index is 12.6. The van der Waals surface area contributed by atoms with E-state index in [1.54, 1.807) is 13.2 Å². The van der Waals surface area contributed by atoms with Crippen molar-refractivity contribution in [1.82, 2.24) is 10.2 Å². The van der Waals surface area contributed by atoms with Gasteiger partial charge in [-0.1, -0.05) is 30.3 Å². The number of carbonyl (C=O) groups excluding carboxylic acids is 1. The van der Waals surface area contributed by atoms with Crippen LogP contribution in [0.5, 0.6) is 17.2 Å². The van der Waals surface area contributed by atoms with Crippen molar-refractivity contribution in [2.24, 2.45) is 0 Å². The lowest BCUT2D eigenvalue weighted by Crippen LogP contribution is -2.46. The third-order valence-electron chi connectivity index (χ3n) is 4.39. The minimum atomic E-state index is -0.662. The molecule has 1 amide bonds. The fraction of sp³-hybridized carbons (Fsp3) is 0.350. The van der Waals surface area contributed by atoms with Crippen molar-refractivity contribution in [1.29, 1.82) is 0 Å². The Morgan fingerprint density at radius 1 is 1.19 bits per heavy atom. The van der Waals surface area contributed by atoms with E-state index in [4.69, 9.17) is 14.2 Å². The Hall–Kier alpha value is -2.73. The fourth-order valence-corrected chi connectivity index (χ4v) is 2.97. The van der Waals surface area contributed by atoms with E-state index in [0.29, 0.717) is 18.0 Å². The minimum absolute atomic E-state index is 0.0214. The number of carbonyl (C=O) groups is 1. The first kappa shape index (κ1) is 18.1. The van der Waals surface area contributed by atoms with E-state index >= 15 is 0 Å². The molecule has 0 spiro atoms. The van der Waals surface area contributed by atoms with Gasteiger partial charge in [0, 0.05) is 12.1 Å². The molecule has 3 rings (SSSR count). The average Bonchev–Trinajstić information content (AvgIpc) is 2.67. The van der Waals surface area contributed by atoms with Gasteiger partial charge in [-0.25, -0.2) is 0 Å². The fourth-order valence-electron chi connectivity index (χ4n) is 2.97. The number of likely N-dealkylation sites (N-methyl/N-ethyl adjacent to an activating group) is 1. The number of ether oxygens (including phenoxy) is 3. The maximum Gasteiger partial charge on any atom is 0.264 e. The third kappa shape index (κ3) is 3.91. The molecule has 2 atom stereocenters. The van der Waals surface area contributed by atoms with Gasteiger partial charge in [-0.05, 0) is 32.3 Å². The summed E-state index contributed by atoms with van der Waals surface area (Å²) in [6, 6.07) is 15.1. The number of nitrogens with one attached hydrogen (secondary N) is 1. The number of rotatable bonds is 6. The Balaban J connectivity index is 1.66. The quantitative estimate of drug-likeness (QED) is 0.860. The first-order valence-electron chi connectivity index (χ1n) is 8.55. The average molecular weight is 356 g/mol. The van der Waals surface area contributed by atoms with E-state index in [-0.39, 0.29) is 18.6 Å². The molecule has 2 aromatic carbocycles. The molecule has 1 heterocycles. The highest BCUT2D eigenvalue weighted by molar-refractivity contribution is 5.81. The Labute approximate surface area is 153 Å². The van der Waals surface area contributed by atoms with Crippen molar-refractivity contribution in [2.45, 2.75) is 12.1 Å². The summed E-state index contributed by atoms with van der Waals surface area (Å²) in [7, 11) is 5.59. The molecule has 0 aliphatic carbocycles. The second kappa shape index (κ2) is 8.10. The van der Waals surface area contributed by atoms with E-state index in [1.807, 2.05) is 61.5 Å². The zero-order valence-electron chi connectivity index (χ0n) is 15.3. The van der Waals surface area contributed by atoms with Gasteiger partial charge in [-0.2, -0.15) is 0 Å². The van der Waals surface area contributed by atoms with Gasteiger partial charge in [-0.3, -0.25) is 4.79 Å². The molecule has 26 heavy (non-hydrogen) atoms. The standard InChI is InChI=1S/C20H24N2O4/c1-22(2)15(14-8-4-5-9-16(14)24-3)12-21-20(23)19-13-25-17-10-6-7-11-18(17)26-19/h4-11,15,19H,12-13H2,1-3H3,(H,21,23). The molecule has 0 radical (unpaired) electrons. The zero-order valence-corrected chi connectivity index (χ0v) is 15.3. The van der Waals surface area contributed by atoms with Gasteiger partial charge in [0.1, 0.15) is 12.4 Å². The molecule has 2 aromatic rings. The first-order valence-corrected chi connectivity index (χ1v) is 8.55. The molecule has 1 aliphatic rings. The second-order valence-corrected chi connectivity index (χ2v) is 6.33. The highest BCUT2D eigenvalue weighted by Gasteiger charge is 2.28. The van der Waals surface area contributed by atoms with Crippen molar-refractivity contribution in [2.75, 3.05) is 34.4 Å². The predicted octanol–water partition coefficient (Wildman–Crippen LogP) is 2.25. The molecule has 0 saturated carbocycles. The summed E-state index contributed by atoms with van der Waals surface area (Å²) in [6.45, 7) is 0.637. The number of hydrogen-bond donors (Lipinski definition) is 1. The molecular weight excluding hydrogens is 332 g/mol. The van der Waals surface area contributed by atoms with Crippen LogP contribution in [0.4, 0.5) is 0 Å². The molecule has 6 heteroatoms. The van der Waals surface area contributed by atoms with Crippen LogP contribution in [0.2, 0.25) is 0 Å². The Kier molecular flexibility index (Phi) is 5.63. The van der Waals surface area contributed by atoms with Crippen LogP contribution in [0.1, 0.15) is 11.6 Å². The van der Waals surface area contributed by atoms with Crippen LogP contribution in [-0.4, -0.2) is 51.3 Å². The lowest BCUT2D eigenvalue weighted by molar-refractivity contribution is -0.130.